The van der Waals surface area contributed by atoms with Gasteiger partial charge in [0.2, 0.25) is 0 Å². The molecule has 0 unspecified atom stereocenters. The highest BCUT2D eigenvalue weighted by Gasteiger charge is 2.18. The Hall–Kier alpha value is -1.35. The molecule has 0 radical (unpaired) electrons. The van der Waals surface area contributed by atoms with Gasteiger partial charge in [-0.1, -0.05) is 24.3 Å². The number of halogens is 1. The summed E-state index contributed by atoms with van der Waals surface area (Å²) in [6, 6.07) is 4.86. The van der Waals surface area contributed by atoms with Crippen LogP contribution in [-0.2, 0) is 0 Å². The molecule has 1 heterocycles. The summed E-state index contributed by atoms with van der Waals surface area (Å²) >= 11 is 0. The van der Waals surface area contributed by atoms with E-state index in [-0.39, 0.29) is 5.82 Å². The van der Waals surface area contributed by atoms with Gasteiger partial charge in [0.05, 0.1) is 11.8 Å². The molecule has 86 valence electrons. The van der Waals surface area contributed by atoms with E-state index in [1.165, 1.54) is 6.07 Å². The summed E-state index contributed by atoms with van der Waals surface area (Å²) < 4.78 is 13.8. The minimum atomic E-state index is -0.642. The SMILES string of the molecule is C[C@H](O)c1cccc(F)c1N1CC=CCC1. The molecule has 0 aromatic heterocycles. The van der Waals surface area contributed by atoms with Crippen molar-refractivity contribution >= 4 is 5.69 Å². The van der Waals surface area contributed by atoms with Crippen molar-refractivity contribution in [2.75, 3.05) is 18.0 Å². The largest absolute Gasteiger partial charge is 0.389 e. The van der Waals surface area contributed by atoms with Gasteiger partial charge in [-0.05, 0) is 19.4 Å². The molecule has 0 amide bonds. The summed E-state index contributed by atoms with van der Waals surface area (Å²) in [6.07, 6.45) is 4.41. The highest BCUT2D eigenvalue weighted by atomic mass is 19.1. The molecule has 0 fully saturated rings. The minimum absolute atomic E-state index is 0.256. The van der Waals surface area contributed by atoms with Crippen molar-refractivity contribution in [3.63, 3.8) is 0 Å². The monoisotopic (exact) mass is 221 g/mol. The molecule has 0 saturated heterocycles. The number of nitrogens with zero attached hydrogens (tertiary/aromatic N) is 1. The molecular weight excluding hydrogens is 205 g/mol. The predicted molar refractivity (Wildman–Crippen MR) is 63.0 cm³/mol. The smallest absolute Gasteiger partial charge is 0.146 e. The van der Waals surface area contributed by atoms with Crippen LogP contribution in [0.4, 0.5) is 10.1 Å². The Morgan fingerprint density at radius 2 is 2.19 bits per heavy atom. The molecule has 0 bridgehead atoms. The first kappa shape index (κ1) is 11.1. The molecule has 1 aliphatic heterocycles. The van der Waals surface area contributed by atoms with Gasteiger partial charge in [-0.15, -0.1) is 0 Å². The number of para-hydroxylation sites is 1. The number of anilines is 1. The number of aliphatic hydroxyl groups excluding tert-OH is 1. The molecule has 2 rings (SSSR count). The van der Waals surface area contributed by atoms with Crippen LogP contribution in [0.2, 0.25) is 0 Å². The first-order chi connectivity index (χ1) is 7.70. The molecule has 3 heteroatoms. The molecule has 1 N–H and O–H groups in total. The Bertz CT molecular complexity index is 401. The lowest BCUT2D eigenvalue weighted by Gasteiger charge is -2.29. The van der Waals surface area contributed by atoms with E-state index in [1.807, 2.05) is 11.0 Å². The van der Waals surface area contributed by atoms with Crippen molar-refractivity contribution in [3.8, 4) is 0 Å². The third-order valence-corrected chi connectivity index (χ3v) is 2.84. The van der Waals surface area contributed by atoms with Gasteiger partial charge in [-0.3, -0.25) is 0 Å². The zero-order valence-corrected chi connectivity index (χ0v) is 9.36. The maximum atomic E-state index is 13.8. The third kappa shape index (κ3) is 2.09. The Morgan fingerprint density at radius 3 is 2.81 bits per heavy atom. The van der Waals surface area contributed by atoms with Crippen LogP contribution in [0.1, 0.15) is 25.0 Å². The first-order valence-corrected chi connectivity index (χ1v) is 5.56. The molecule has 0 saturated carbocycles. The van der Waals surface area contributed by atoms with E-state index < -0.39 is 6.10 Å². The van der Waals surface area contributed by atoms with Crippen molar-refractivity contribution in [1.82, 2.24) is 0 Å². The zero-order chi connectivity index (χ0) is 11.5. The van der Waals surface area contributed by atoms with Crippen LogP contribution < -0.4 is 4.90 Å². The highest BCUT2D eigenvalue weighted by molar-refractivity contribution is 5.56. The molecule has 1 aromatic rings. The van der Waals surface area contributed by atoms with Crippen molar-refractivity contribution in [1.29, 1.82) is 0 Å². The van der Waals surface area contributed by atoms with Gasteiger partial charge in [0.25, 0.3) is 0 Å². The fourth-order valence-electron chi connectivity index (χ4n) is 2.05. The van der Waals surface area contributed by atoms with Gasteiger partial charge in [-0.25, -0.2) is 4.39 Å². The number of rotatable bonds is 2. The lowest BCUT2D eigenvalue weighted by Crippen LogP contribution is -2.29. The number of benzene rings is 1. The normalized spacial score (nSPS) is 17.6. The first-order valence-electron chi connectivity index (χ1n) is 5.56. The van der Waals surface area contributed by atoms with Gasteiger partial charge in [-0.2, -0.15) is 0 Å². The fraction of sp³-hybridized carbons (Fsp3) is 0.385. The topological polar surface area (TPSA) is 23.5 Å². The second-order valence-corrected chi connectivity index (χ2v) is 4.06. The average molecular weight is 221 g/mol. The van der Waals surface area contributed by atoms with Crippen LogP contribution >= 0.6 is 0 Å². The highest BCUT2D eigenvalue weighted by Crippen LogP contribution is 2.30. The summed E-state index contributed by atoms with van der Waals surface area (Å²) in [5.74, 6) is -0.256. The van der Waals surface area contributed by atoms with Crippen molar-refractivity contribution in [2.24, 2.45) is 0 Å². The van der Waals surface area contributed by atoms with Crippen LogP contribution in [0.3, 0.4) is 0 Å². The maximum Gasteiger partial charge on any atom is 0.146 e. The standard InChI is InChI=1S/C13H16FNO/c1-10(16)11-6-5-7-12(14)13(11)15-8-3-2-4-9-15/h2-3,5-7,10,16H,4,8-9H2,1H3/t10-/m0/s1. The Balaban J connectivity index is 2.41. The van der Waals surface area contributed by atoms with E-state index >= 15 is 0 Å². The second kappa shape index (κ2) is 4.66. The molecule has 16 heavy (non-hydrogen) atoms. The quantitative estimate of drug-likeness (QED) is 0.776. The van der Waals surface area contributed by atoms with Crippen LogP contribution in [0.25, 0.3) is 0 Å². The summed E-state index contributed by atoms with van der Waals surface area (Å²) in [6.45, 7) is 3.18. The van der Waals surface area contributed by atoms with Gasteiger partial charge < -0.3 is 10.0 Å². The van der Waals surface area contributed by atoms with E-state index in [1.54, 1.807) is 19.1 Å². The zero-order valence-electron chi connectivity index (χ0n) is 9.36. The molecule has 1 atom stereocenters. The maximum absolute atomic E-state index is 13.8. The number of hydrogen-bond donors (Lipinski definition) is 1. The molecule has 2 nitrogen and oxygen atoms in total. The Morgan fingerprint density at radius 1 is 1.38 bits per heavy atom. The van der Waals surface area contributed by atoms with E-state index in [0.29, 0.717) is 17.8 Å². The van der Waals surface area contributed by atoms with E-state index in [4.69, 9.17) is 0 Å². The van der Waals surface area contributed by atoms with Crippen LogP contribution in [0.5, 0.6) is 0 Å². The Labute approximate surface area is 95.0 Å². The van der Waals surface area contributed by atoms with Crippen LogP contribution in [-0.4, -0.2) is 18.2 Å². The molecule has 0 aliphatic carbocycles. The van der Waals surface area contributed by atoms with Crippen molar-refractivity contribution in [2.45, 2.75) is 19.4 Å². The molecule has 0 spiro atoms. The minimum Gasteiger partial charge on any atom is -0.389 e. The van der Waals surface area contributed by atoms with E-state index in [9.17, 15) is 9.50 Å². The lowest BCUT2D eigenvalue weighted by molar-refractivity contribution is 0.199. The average Bonchev–Trinajstić information content (AvgIpc) is 2.29. The van der Waals surface area contributed by atoms with Gasteiger partial charge >= 0.3 is 0 Å². The third-order valence-electron chi connectivity index (χ3n) is 2.84. The fourth-order valence-corrected chi connectivity index (χ4v) is 2.05. The van der Waals surface area contributed by atoms with Crippen LogP contribution in [0, 0.1) is 5.82 Å². The summed E-state index contributed by atoms with van der Waals surface area (Å²) in [4.78, 5) is 1.97. The van der Waals surface area contributed by atoms with Gasteiger partial charge in [0.1, 0.15) is 5.82 Å². The van der Waals surface area contributed by atoms with Gasteiger partial charge in [0.15, 0.2) is 0 Å². The number of aliphatic hydroxyl groups is 1. The van der Waals surface area contributed by atoms with E-state index in [2.05, 4.69) is 6.08 Å². The van der Waals surface area contributed by atoms with Gasteiger partial charge in [0, 0.05) is 18.7 Å². The number of hydrogen-bond acceptors (Lipinski definition) is 2. The summed E-state index contributed by atoms with van der Waals surface area (Å²) in [5.41, 5.74) is 1.21. The Kier molecular flexibility index (Phi) is 3.25. The second-order valence-electron chi connectivity index (χ2n) is 4.06. The van der Waals surface area contributed by atoms with Crippen molar-refractivity contribution in [3.05, 3.63) is 41.7 Å². The van der Waals surface area contributed by atoms with E-state index in [0.717, 1.165) is 13.0 Å². The lowest BCUT2D eigenvalue weighted by atomic mass is 10.1. The molecular formula is C13H16FNO. The summed E-state index contributed by atoms with van der Waals surface area (Å²) in [5, 5.41) is 9.65. The summed E-state index contributed by atoms with van der Waals surface area (Å²) in [7, 11) is 0. The predicted octanol–water partition coefficient (Wildman–Crippen LogP) is 2.65. The molecule has 1 aromatic carbocycles. The van der Waals surface area contributed by atoms with Crippen LogP contribution in [0.15, 0.2) is 30.4 Å². The molecule has 1 aliphatic rings. The van der Waals surface area contributed by atoms with Crippen molar-refractivity contribution < 1.29 is 9.50 Å².